The highest BCUT2D eigenvalue weighted by atomic mass is 16.2. The Balaban J connectivity index is 2.35. The Hall–Kier alpha value is -1.10. The molecule has 1 fully saturated rings. The first-order valence-corrected chi connectivity index (χ1v) is 5.37. The first-order valence-electron chi connectivity index (χ1n) is 5.37. The van der Waals surface area contributed by atoms with Crippen molar-refractivity contribution < 1.29 is 9.59 Å². The van der Waals surface area contributed by atoms with Gasteiger partial charge >= 0.3 is 0 Å². The van der Waals surface area contributed by atoms with E-state index in [1.54, 1.807) is 11.9 Å². The highest BCUT2D eigenvalue weighted by Gasteiger charge is 2.26. The fraction of sp³-hybridized carbons (Fsp3) is 0.800. The van der Waals surface area contributed by atoms with Crippen molar-refractivity contribution in [2.24, 2.45) is 11.7 Å². The highest BCUT2D eigenvalue weighted by molar-refractivity contribution is 5.83. The van der Waals surface area contributed by atoms with E-state index in [0.717, 1.165) is 6.42 Å². The molecule has 5 heteroatoms. The normalized spacial score (nSPS) is 20.9. The number of hydrogen-bond donors (Lipinski definition) is 2. The molecule has 86 valence electrons. The molecule has 1 heterocycles. The number of hydrogen-bond acceptors (Lipinski definition) is 3. The summed E-state index contributed by atoms with van der Waals surface area (Å²) in [4.78, 5) is 24.5. The van der Waals surface area contributed by atoms with Crippen molar-refractivity contribution in [1.29, 1.82) is 0 Å². The van der Waals surface area contributed by atoms with Crippen molar-refractivity contribution in [3.05, 3.63) is 0 Å². The molecule has 1 aliphatic heterocycles. The van der Waals surface area contributed by atoms with E-state index in [9.17, 15) is 9.59 Å². The van der Waals surface area contributed by atoms with E-state index in [0.29, 0.717) is 32.5 Å². The topological polar surface area (TPSA) is 75.4 Å². The lowest BCUT2D eigenvalue weighted by Gasteiger charge is -2.26. The monoisotopic (exact) mass is 213 g/mol. The van der Waals surface area contributed by atoms with E-state index in [1.807, 2.05) is 0 Å². The molecule has 0 aromatic rings. The standard InChI is InChI=1S/C10H19N3O2/c1-13(6-2-5-11)10(15)8-3-4-9(14)12-7-8/h8H,2-7,11H2,1H3,(H,12,14). The lowest BCUT2D eigenvalue weighted by Crippen LogP contribution is -2.44. The molecule has 5 nitrogen and oxygen atoms in total. The minimum Gasteiger partial charge on any atom is -0.355 e. The van der Waals surface area contributed by atoms with Crippen LogP contribution < -0.4 is 11.1 Å². The molecule has 1 unspecified atom stereocenters. The molecule has 0 aromatic heterocycles. The summed E-state index contributed by atoms with van der Waals surface area (Å²) in [6.07, 6.45) is 1.94. The summed E-state index contributed by atoms with van der Waals surface area (Å²) >= 11 is 0. The number of rotatable bonds is 4. The Morgan fingerprint density at radius 1 is 1.67 bits per heavy atom. The van der Waals surface area contributed by atoms with Crippen LogP contribution in [-0.2, 0) is 9.59 Å². The van der Waals surface area contributed by atoms with Crippen LogP contribution in [-0.4, -0.2) is 43.4 Å². The fourth-order valence-corrected chi connectivity index (χ4v) is 1.69. The van der Waals surface area contributed by atoms with E-state index in [-0.39, 0.29) is 17.7 Å². The van der Waals surface area contributed by atoms with Gasteiger partial charge in [0.25, 0.3) is 0 Å². The summed E-state index contributed by atoms with van der Waals surface area (Å²) in [7, 11) is 1.79. The van der Waals surface area contributed by atoms with Gasteiger partial charge < -0.3 is 16.0 Å². The summed E-state index contributed by atoms with van der Waals surface area (Å²) in [5.41, 5.74) is 5.38. The lowest BCUT2D eigenvalue weighted by molar-refractivity contribution is -0.136. The molecule has 3 N–H and O–H groups in total. The Morgan fingerprint density at radius 2 is 2.40 bits per heavy atom. The van der Waals surface area contributed by atoms with Crippen LogP contribution >= 0.6 is 0 Å². The Morgan fingerprint density at radius 3 is 2.93 bits per heavy atom. The van der Waals surface area contributed by atoms with Gasteiger partial charge in [0, 0.05) is 26.6 Å². The summed E-state index contributed by atoms with van der Waals surface area (Å²) in [5, 5.41) is 2.71. The van der Waals surface area contributed by atoms with Crippen molar-refractivity contribution >= 4 is 11.8 Å². The Kier molecular flexibility index (Phi) is 4.55. The summed E-state index contributed by atoms with van der Waals surface area (Å²) in [5.74, 6) is 0.109. The van der Waals surface area contributed by atoms with Crippen LogP contribution in [0.2, 0.25) is 0 Å². The van der Waals surface area contributed by atoms with Crippen LogP contribution in [0.4, 0.5) is 0 Å². The van der Waals surface area contributed by atoms with E-state index in [2.05, 4.69) is 5.32 Å². The lowest BCUT2D eigenvalue weighted by atomic mass is 9.98. The van der Waals surface area contributed by atoms with Crippen LogP contribution in [0.15, 0.2) is 0 Å². The largest absolute Gasteiger partial charge is 0.355 e. The molecule has 2 amide bonds. The minimum atomic E-state index is -0.0505. The van der Waals surface area contributed by atoms with Crippen molar-refractivity contribution in [3.8, 4) is 0 Å². The average molecular weight is 213 g/mol. The second-order valence-corrected chi connectivity index (χ2v) is 3.94. The van der Waals surface area contributed by atoms with E-state index >= 15 is 0 Å². The van der Waals surface area contributed by atoms with Crippen LogP contribution in [0.1, 0.15) is 19.3 Å². The molecular weight excluding hydrogens is 194 g/mol. The van der Waals surface area contributed by atoms with Crippen molar-refractivity contribution in [2.45, 2.75) is 19.3 Å². The van der Waals surface area contributed by atoms with Gasteiger partial charge in [0.15, 0.2) is 0 Å². The number of amides is 2. The number of nitrogens with one attached hydrogen (secondary N) is 1. The van der Waals surface area contributed by atoms with Crippen molar-refractivity contribution in [1.82, 2.24) is 10.2 Å². The predicted octanol–water partition coefficient (Wildman–Crippen LogP) is -0.680. The predicted molar refractivity (Wildman–Crippen MR) is 57.0 cm³/mol. The van der Waals surface area contributed by atoms with Gasteiger partial charge in [-0.2, -0.15) is 0 Å². The maximum atomic E-state index is 11.8. The third-order valence-electron chi connectivity index (χ3n) is 2.69. The third-order valence-corrected chi connectivity index (χ3v) is 2.69. The summed E-state index contributed by atoms with van der Waals surface area (Å²) in [6.45, 7) is 1.77. The Labute approximate surface area is 90.0 Å². The molecule has 0 spiro atoms. The fourth-order valence-electron chi connectivity index (χ4n) is 1.69. The number of carbonyl (C=O) groups is 2. The summed E-state index contributed by atoms with van der Waals surface area (Å²) < 4.78 is 0. The van der Waals surface area contributed by atoms with Gasteiger partial charge in [-0.1, -0.05) is 0 Å². The molecular formula is C10H19N3O2. The number of nitrogens with two attached hydrogens (primary N) is 1. The molecule has 0 saturated carbocycles. The van der Waals surface area contributed by atoms with E-state index in [4.69, 9.17) is 5.73 Å². The molecule has 1 aliphatic rings. The summed E-state index contributed by atoms with van der Waals surface area (Å²) in [6, 6.07) is 0. The molecule has 0 bridgehead atoms. The van der Waals surface area contributed by atoms with Gasteiger partial charge in [-0.25, -0.2) is 0 Å². The van der Waals surface area contributed by atoms with Crippen LogP contribution in [0.25, 0.3) is 0 Å². The second-order valence-electron chi connectivity index (χ2n) is 3.94. The quantitative estimate of drug-likeness (QED) is 0.649. The maximum absolute atomic E-state index is 11.8. The number of nitrogens with zero attached hydrogens (tertiary/aromatic N) is 1. The minimum absolute atomic E-state index is 0.0451. The zero-order valence-electron chi connectivity index (χ0n) is 9.16. The van der Waals surface area contributed by atoms with Crippen LogP contribution in [0.3, 0.4) is 0 Å². The van der Waals surface area contributed by atoms with Gasteiger partial charge in [0.1, 0.15) is 0 Å². The van der Waals surface area contributed by atoms with E-state index in [1.165, 1.54) is 0 Å². The van der Waals surface area contributed by atoms with Crippen LogP contribution in [0, 0.1) is 5.92 Å². The van der Waals surface area contributed by atoms with Gasteiger partial charge in [0.05, 0.1) is 5.92 Å². The molecule has 0 radical (unpaired) electrons. The van der Waals surface area contributed by atoms with Gasteiger partial charge in [-0.3, -0.25) is 9.59 Å². The first-order chi connectivity index (χ1) is 7.15. The van der Waals surface area contributed by atoms with Crippen molar-refractivity contribution in [2.75, 3.05) is 26.7 Å². The zero-order valence-corrected chi connectivity index (χ0v) is 9.16. The molecule has 1 rings (SSSR count). The molecule has 0 aliphatic carbocycles. The van der Waals surface area contributed by atoms with E-state index < -0.39 is 0 Å². The second kappa shape index (κ2) is 5.70. The third kappa shape index (κ3) is 3.51. The average Bonchev–Trinajstić information content (AvgIpc) is 2.26. The maximum Gasteiger partial charge on any atom is 0.227 e. The number of carbonyl (C=O) groups excluding carboxylic acids is 2. The number of piperidine rings is 1. The van der Waals surface area contributed by atoms with Gasteiger partial charge in [-0.05, 0) is 19.4 Å². The Bertz CT molecular complexity index is 233. The molecule has 15 heavy (non-hydrogen) atoms. The van der Waals surface area contributed by atoms with Gasteiger partial charge in [0.2, 0.25) is 11.8 Å². The highest BCUT2D eigenvalue weighted by Crippen LogP contribution is 2.13. The first kappa shape index (κ1) is 12.0. The van der Waals surface area contributed by atoms with Crippen LogP contribution in [0.5, 0.6) is 0 Å². The SMILES string of the molecule is CN(CCCN)C(=O)C1CCC(=O)NC1. The molecule has 1 saturated heterocycles. The zero-order chi connectivity index (χ0) is 11.3. The van der Waals surface area contributed by atoms with Crippen molar-refractivity contribution in [3.63, 3.8) is 0 Å². The molecule has 0 aromatic carbocycles. The molecule has 1 atom stereocenters. The van der Waals surface area contributed by atoms with Gasteiger partial charge in [-0.15, -0.1) is 0 Å². The smallest absolute Gasteiger partial charge is 0.227 e.